The maximum Gasteiger partial charge on any atom is 0.408 e. The summed E-state index contributed by atoms with van der Waals surface area (Å²) in [5, 5.41) is 9.09. The quantitative estimate of drug-likeness (QED) is 0.0975. The molecule has 0 radical (unpaired) electrons. The number of carbonyl (C=O) groups is 3. The van der Waals surface area contributed by atoms with E-state index in [4.69, 9.17) is 23.6 Å². The first-order chi connectivity index (χ1) is 33.0. The minimum atomic E-state index is -2.47. The van der Waals surface area contributed by atoms with Crippen molar-refractivity contribution in [1.29, 1.82) is 0 Å². The Morgan fingerprint density at radius 3 is 2.31 bits per heavy atom. The lowest BCUT2D eigenvalue weighted by Crippen LogP contribution is -2.56. The number of aryl methyl sites for hydroxylation is 1. The van der Waals surface area contributed by atoms with Gasteiger partial charge in [-0.2, -0.15) is 0 Å². The van der Waals surface area contributed by atoms with Gasteiger partial charge in [0.05, 0.1) is 42.0 Å². The van der Waals surface area contributed by atoms with E-state index in [0.29, 0.717) is 36.0 Å². The molecule has 2 aromatic carbocycles. The van der Waals surface area contributed by atoms with Crippen LogP contribution in [0.15, 0.2) is 48.7 Å². The second kappa shape index (κ2) is 19.9. The van der Waals surface area contributed by atoms with Gasteiger partial charge in [-0.3, -0.25) is 19.6 Å². The molecule has 5 atom stereocenters. The van der Waals surface area contributed by atoms with Crippen molar-refractivity contribution in [3.8, 4) is 28.1 Å². The number of esters is 1. The first kappa shape index (κ1) is 51.4. The lowest BCUT2D eigenvalue weighted by Gasteiger charge is -2.42. The van der Waals surface area contributed by atoms with Gasteiger partial charge in [0, 0.05) is 74.1 Å². The number of pyridine rings is 1. The molecule has 4 aliphatic rings. The molecule has 3 unspecified atom stereocenters. The number of methoxy groups -OCH3 is 1. The van der Waals surface area contributed by atoms with Crippen LogP contribution in [0, 0.1) is 11.3 Å². The molecule has 0 spiro atoms. The number of hydrogen-bond donors (Lipinski definition) is 3. The highest BCUT2D eigenvalue weighted by atomic mass is 28.4. The molecular formula is C55H79N7O7Si. The van der Waals surface area contributed by atoms with Crippen molar-refractivity contribution < 1.29 is 33.0 Å². The van der Waals surface area contributed by atoms with Crippen LogP contribution < -0.4 is 25.4 Å². The Balaban J connectivity index is 1.37. The van der Waals surface area contributed by atoms with Crippen LogP contribution >= 0.6 is 0 Å². The van der Waals surface area contributed by atoms with Crippen molar-refractivity contribution in [2.24, 2.45) is 11.3 Å². The van der Waals surface area contributed by atoms with E-state index in [0.717, 1.165) is 87.7 Å². The van der Waals surface area contributed by atoms with E-state index >= 15 is 0 Å². The Morgan fingerprint density at radius 2 is 1.67 bits per heavy atom. The third kappa shape index (κ3) is 10.2. The van der Waals surface area contributed by atoms with E-state index in [-0.39, 0.29) is 43.0 Å². The van der Waals surface area contributed by atoms with Gasteiger partial charge < -0.3 is 38.7 Å². The monoisotopic (exact) mass is 978 g/mol. The van der Waals surface area contributed by atoms with Crippen molar-refractivity contribution in [2.45, 2.75) is 162 Å². The fourth-order valence-corrected chi connectivity index (χ4v) is 17.0. The summed E-state index contributed by atoms with van der Waals surface area (Å²) >= 11 is 0. The predicted molar refractivity (Wildman–Crippen MR) is 279 cm³/mol. The molecule has 6 bridgehead atoms. The fraction of sp³-hybridized carbons (Fsp3) is 0.600. The number of piperazine rings is 1. The van der Waals surface area contributed by atoms with Gasteiger partial charge in [0.2, 0.25) is 0 Å². The van der Waals surface area contributed by atoms with E-state index in [2.05, 4.69) is 137 Å². The molecule has 14 nitrogen and oxygen atoms in total. The van der Waals surface area contributed by atoms with Crippen LogP contribution in [0.3, 0.4) is 0 Å². The van der Waals surface area contributed by atoms with Crippen LogP contribution in [0.25, 0.3) is 33.3 Å². The maximum atomic E-state index is 14.8. The highest BCUT2D eigenvalue weighted by Gasteiger charge is 2.59. The SMILES string of the molecule is CCn1c(-c2cc(N3CCNCC3)cnc2[C@H](C)OC)c2c3cc(ccc31)-c1cc(cc(O[Si](C(C)C)(C(C)C)C(C)C)c1)C[C@H](NC(=O)OC(C)(C)C)C(=O)N1NC(C(=O)OCC(C)(C)C2)C2CC21. The molecule has 2 amide bonds. The van der Waals surface area contributed by atoms with Gasteiger partial charge in [0.1, 0.15) is 23.4 Å². The third-order valence-electron chi connectivity index (χ3n) is 15.2. The lowest BCUT2D eigenvalue weighted by atomic mass is 9.84. The largest absolute Gasteiger partial charge is 0.543 e. The summed E-state index contributed by atoms with van der Waals surface area (Å²) in [5.41, 5.74) is 11.9. The summed E-state index contributed by atoms with van der Waals surface area (Å²) < 4.78 is 27.9. The minimum Gasteiger partial charge on any atom is -0.543 e. The molecule has 3 aliphatic heterocycles. The van der Waals surface area contributed by atoms with E-state index in [9.17, 15) is 14.4 Å². The van der Waals surface area contributed by atoms with Crippen LogP contribution in [0.1, 0.15) is 119 Å². The van der Waals surface area contributed by atoms with E-state index in [1.165, 1.54) is 0 Å². The Kier molecular flexibility index (Phi) is 14.6. The molecule has 1 aliphatic carbocycles. The van der Waals surface area contributed by atoms with Gasteiger partial charge in [-0.1, -0.05) is 67.5 Å². The number of amides is 2. The smallest absolute Gasteiger partial charge is 0.408 e. The number of nitrogens with one attached hydrogen (secondary N) is 3. The number of carbonyl (C=O) groups excluding carboxylic acids is 3. The van der Waals surface area contributed by atoms with Crippen molar-refractivity contribution in [2.75, 3.05) is 44.8 Å². The van der Waals surface area contributed by atoms with E-state index in [1.54, 1.807) is 32.9 Å². The van der Waals surface area contributed by atoms with Crippen molar-refractivity contribution in [1.82, 2.24) is 30.6 Å². The summed E-state index contributed by atoms with van der Waals surface area (Å²) in [5.74, 6) is -0.0784. The van der Waals surface area contributed by atoms with Crippen LogP contribution in [0.4, 0.5) is 10.5 Å². The van der Waals surface area contributed by atoms with Crippen LogP contribution in [0.2, 0.25) is 16.6 Å². The molecule has 3 fully saturated rings. The molecule has 380 valence electrons. The summed E-state index contributed by atoms with van der Waals surface area (Å²) in [6.07, 6.45) is 2.42. The molecule has 15 heteroatoms. The number of benzene rings is 2. The number of hydrazine groups is 1. The first-order valence-electron chi connectivity index (χ1n) is 25.8. The summed E-state index contributed by atoms with van der Waals surface area (Å²) in [4.78, 5) is 50.2. The van der Waals surface area contributed by atoms with E-state index in [1.807, 2.05) is 6.20 Å². The molecule has 3 N–H and O–H groups in total. The maximum absolute atomic E-state index is 14.8. The molecule has 70 heavy (non-hydrogen) atoms. The Morgan fingerprint density at radius 1 is 0.971 bits per heavy atom. The molecule has 2 aromatic heterocycles. The molecule has 8 rings (SSSR count). The normalized spacial score (nSPS) is 22.3. The number of hydrogen-bond acceptors (Lipinski definition) is 11. The second-order valence-corrected chi connectivity index (χ2v) is 28.3. The zero-order valence-corrected chi connectivity index (χ0v) is 45.2. The zero-order chi connectivity index (χ0) is 50.6. The molecular weight excluding hydrogens is 899 g/mol. The van der Waals surface area contributed by atoms with Crippen molar-refractivity contribution in [3.05, 3.63) is 65.5 Å². The van der Waals surface area contributed by atoms with Crippen molar-refractivity contribution >= 4 is 42.9 Å². The molecule has 5 heterocycles. The Bertz CT molecular complexity index is 2570. The van der Waals surface area contributed by atoms with Crippen LogP contribution in [-0.4, -0.2) is 104 Å². The average molecular weight is 978 g/mol. The lowest BCUT2D eigenvalue weighted by molar-refractivity contribution is -0.151. The number of alkyl carbamates (subject to hydrolysis) is 1. The number of ether oxygens (including phenoxy) is 3. The van der Waals surface area contributed by atoms with Gasteiger partial charge in [-0.15, -0.1) is 0 Å². The fourth-order valence-electron chi connectivity index (χ4n) is 11.8. The summed E-state index contributed by atoms with van der Waals surface area (Å²) in [6, 6.07) is 13.4. The number of cyclic esters (lactones) is 1. The van der Waals surface area contributed by atoms with Crippen LogP contribution in [0.5, 0.6) is 5.75 Å². The highest BCUT2D eigenvalue weighted by Crippen LogP contribution is 2.47. The second-order valence-electron chi connectivity index (χ2n) is 23.0. The third-order valence-corrected chi connectivity index (χ3v) is 21.2. The number of nitrogens with zero attached hydrogens (tertiary/aromatic N) is 4. The zero-order valence-electron chi connectivity index (χ0n) is 44.2. The Hall–Kier alpha value is -4.96. The molecule has 1 saturated carbocycles. The van der Waals surface area contributed by atoms with Gasteiger partial charge in [0.15, 0.2) is 0 Å². The van der Waals surface area contributed by atoms with Gasteiger partial charge in [-0.05, 0) is 117 Å². The molecule has 2 saturated heterocycles. The minimum absolute atomic E-state index is 0.101. The summed E-state index contributed by atoms with van der Waals surface area (Å²) in [6.45, 7) is 32.1. The van der Waals surface area contributed by atoms with Crippen LogP contribution in [-0.2, 0) is 43.2 Å². The number of rotatable bonds is 11. The standard InChI is InChI=1S/C55H79N7O7Si/c1-15-61-46-17-16-37-26-41(46)44(50(61)43-27-39(60-20-18-56-19-21-60)30-57-48(43)35(8)66-14)29-55(12,13)31-67-52(64)49-42-28-47(42)62(59-49)51(63)45(58-53(65)68-54(9,10)11)24-36-22-38(37)25-40(23-36)69-70(32(2)3,33(4)5)34(6)7/h16-17,22-23,25-27,30,32-35,42,45,47,49,56,59H,15,18-21,24,28-29,31H2,1-14H3,(H,58,65)/t35-,42?,45-,47?,49?/m0/s1. The highest BCUT2D eigenvalue weighted by molar-refractivity contribution is 6.78. The average Bonchev–Trinajstić information content (AvgIpc) is 3.91. The summed E-state index contributed by atoms with van der Waals surface area (Å²) in [7, 11) is -0.742. The van der Waals surface area contributed by atoms with Gasteiger partial charge >= 0.3 is 12.1 Å². The Labute approximate surface area is 417 Å². The number of aromatic nitrogens is 2. The number of anilines is 1. The van der Waals surface area contributed by atoms with Gasteiger partial charge in [-0.25, -0.2) is 10.2 Å². The van der Waals surface area contributed by atoms with Gasteiger partial charge in [0.25, 0.3) is 14.2 Å². The molecule has 4 aromatic rings. The first-order valence-corrected chi connectivity index (χ1v) is 27.9. The topological polar surface area (TPSA) is 149 Å². The van der Waals surface area contributed by atoms with Crippen molar-refractivity contribution in [3.63, 3.8) is 0 Å². The number of fused-ring (bicyclic) bond motifs is 9. The predicted octanol–water partition coefficient (Wildman–Crippen LogP) is 9.73. The van der Waals surface area contributed by atoms with E-state index < -0.39 is 37.5 Å².